The van der Waals surface area contributed by atoms with Crippen molar-refractivity contribution < 1.29 is 9.53 Å². The van der Waals surface area contributed by atoms with E-state index >= 15 is 0 Å². The number of carbonyl (C=O) groups excluding carboxylic acids is 1. The van der Waals surface area contributed by atoms with Crippen LogP contribution in [0.3, 0.4) is 0 Å². The number of nitrogens with one attached hydrogen (secondary N) is 1. The normalized spacial score (nSPS) is 22.4. The molecule has 16 heavy (non-hydrogen) atoms. The van der Waals surface area contributed by atoms with Crippen molar-refractivity contribution in [3.63, 3.8) is 0 Å². The van der Waals surface area contributed by atoms with Gasteiger partial charge in [0.05, 0.1) is 13.0 Å². The van der Waals surface area contributed by atoms with E-state index in [0.717, 1.165) is 26.2 Å². The molecule has 4 heteroatoms. The molecule has 1 heterocycles. The van der Waals surface area contributed by atoms with E-state index in [-0.39, 0.29) is 11.9 Å². The molecule has 0 aromatic carbocycles. The summed E-state index contributed by atoms with van der Waals surface area (Å²) < 4.78 is 4.75. The minimum Gasteiger partial charge on any atom is -0.469 e. The van der Waals surface area contributed by atoms with Crippen LogP contribution in [0.4, 0.5) is 0 Å². The van der Waals surface area contributed by atoms with Gasteiger partial charge in [-0.15, -0.1) is 0 Å². The fourth-order valence-electron chi connectivity index (χ4n) is 2.22. The van der Waals surface area contributed by atoms with E-state index in [2.05, 4.69) is 17.1 Å². The van der Waals surface area contributed by atoms with Crippen LogP contribution in [-0.2, 0) is 9.53 Å². The predicted molar refractivity (Wildman–Crippen MR) is 64.3 cm³/mol. The molecular formula is C12H24N2O2. The van der Waals surface area contributed by atoms with Gasteiger partial charge >= 0.3 is 5.97 Å². The van der Waals surface area contributed by atoms with Gasteiger partial charge in [-0.2, -0.15) is 0 Å². The van der Waals surface area contributed by atoms with Crippen LogP contribution in [0.15, 0.2) is 0 Å². The first-order valence-corrected chi connectivity index (χ1v) is 6.21. The fourth-order valence-corrected chi connectivity index (χ4v) is 2.22. The molecule has 1 rings (SSSR count). The highest BCUT2D eigenvalue weighted by molar-refractivity contribution is 5.72. The first-order chi connectivity index (χ1) is 7.67. The van der Waals surface area contributed by atoms with Crippen molar-refractivity contribution in [1.82, 2.24) is 10.2 Å². The van der Waals surface area contributed by atoms with E-state index < -0.39 is 0 Å². The van der Waals surface area contributed by atoms with Crippen LogP contribution in [0, 0.1) is 5.92 Å². The Kier molecular flexibility index (Phi) is 5.77. The number of hydrogen-bond acceptors (Lipinski definition) is 4. The summed E-state index contributed by atoms with van der Waals surface area (Å²) in [6.45, 7) is 8.02. The van der Waals surface area contributed by atoms with Crippen LogP contribution in [0.5, 0.6) is 0 Å². The van der Waals surface area contributed by atoms with Gasteiger partial charge < -0.3 is 15.0 Å². The quantitative estimate of drug-likeness (QED) is 0.685. The van der Waals surface area contributed by atoms with Gasteiger partial charge in [0.1, 0.15) is 0 Å². The van der Waals surface area contributed by atoms with E-state index in [1.807, 2.05) is 6.92 Å². The third kappa shape index (κ3) is 4.10. The van der Waals surface area contributed by atoms with Gasteiger partial charge in [-0.25, -0.2) is 0 Å². The summed E-state index contributed by atoms with van der Waals surface area (Å²) >= 11 is 0. The molecule has 1 aliphatic rings. The number of esters is 1. The maximum absolute atomic E-state index is 11.3. The predicted octanol–water partition coefficient (Wildman–Crippen LogP) is 0.869. The minimum absolute atomic E-state index is 0.0358. The van der Waals surface area contributed by atoms with E-state index in [4.69, 9.17) is 4.74 Å². The lowest BCUT2D eigenvalue weighted by Crippen LogP contribution is -2.40. The first-order valence-electron chi connectivity index (χ1n) is 6.21. The fraction of sp³-hybridized carbons (Fsp3) is 0.917. The Balaban J connectivity index is 2.32. The number of ether oxygens (including phenoxy) is 1. The van der Waals surface area contributed by atoms with E-state index in [1.165, 1.54) is 20.0 Å². The Morgan fingerprint density at radius 1 is 1.62 bits per heavy atom. The van der Waals surface area contributed by atoms with Crippen molar-refractivity contribution in [2.75, 3.05) is 33.3 Å². The molecule has 2 unspecified atom stereocenters. The van der Waals surface area contributed by atoms with Gasteiger partial charge in [-0.3, -0.25) is 4.79 Å². The zero-order chi connectivity index (χ0) is 12.0. The molecule has 4 nitrogen and oxygen atoms in total. The average Bonchev–Trinajstić information content (AvgIpc) is 2.79. The average molecular weight is 228 g/mol. The highest BCUT2D eigenvalue weighted by Gasteiger charge is 2.21. The molecule has 0 saturated carbocycles. The van der Waals surface area contributed by atoms with Gasteiger partial charge in [0.25, 0.3) is 0 Å². The molecule has 94 valence electrons. The van der Waals surface area contributed by atoms with Crippen molar-refractivity contribution in [2.24, 2.45) is 5.92 Å². The third-order valence-electron chi connectivity index (χ3n) is 3.22. The van der Waals surface area contributed by atoms with Crippen LogP contribution in [0.25, 0.3) is 0 Å². The Hall–Kier alpha value is -0.610. The maximum Gasteiger partial charge on any atom is 0.309 e. The van der Waals surface area contributed by atoms with Crippen LogP contribution < -0.4 is 5.32 Å². The van der Waals surface area contributed by atoms with Gasteiger partial charge in [-0.05, 0) is 25.9 Å². The molecule has 1 aliphatic heterocycles. The van der Waals surface area contributed by atoms with Gasteiger partial charge in [0, 0.05) is 19.1 Å². The summed E-state index contributed by atoms with van der Waals surface area (Å²) in [6.07, 6.45) is 2.53. The number of likely N-dealkylation sites (N-methyl/N-ethyl adjacent to an activating group) is 1. The summed E-state index contributed by atoms with van der Waals surface area (Å²) in [6, 6.07) is 0.602. The molecule has 1 N–H and O–H groups in total. The van der Waals surface area contributed by atoms with Gasteiger partial charge in [-0.1, -0.05) is 13.8 Å². The molecule has 0 amide bonds. The lowest BCUT2D eigenvalue weighted by atomic mass is 10.1. The summed E-state index contributed by atoms with van der Waals surface area (Å²) in [5, 5.41) is 3.48. The zero-order valence-electron chi connectivity index (χ0n) is 10.7. The zero-order valence-corrected chi connectivity index (χ0v) is 10.7. The van der Waals surface area contributed by atoms with E-state index in [9.17, 15) is 4.79 Å². The summed E-state index contributed by atoms with van der Waals surface area (Å²) in [5.74, 6) is -0.149. The minimum atomic E-state index is -0.113. The van der Waals surface area contributed by atoms with Crippen molar-refractivity contribution >= 4 is 5.97 Å². The van der Waals surface area contributed by atoms with Gasteiger partial charge in [0.15, 0.2) is 0 Å². The second-order valence-corrected chi connectivity index (χ2v) is 4.57. The first kappa shape index (κ1) is 13.5. The Labute approximate surface area is 98.3 Å². The Bertz CT molecular complexity index is 215. The number of carbonyl (C=O) groups is 1. The lowest BCUT2D eigenvalue weighted by Gasteiger charge is -2.26. The molecule has 1 saturated heterocycles. The molecule has 0 aromatic heterocycles. The smallest absolute Gasteiger partial charge is 0.309 e. The molecule has 0 aliphatic carbocycles. The summed E-state index contributed by atoms with van der Waals surface area (Å²) in [4.78, 5) is 13.7. The monoisotopic (exact) mass is 228 g/mol. The van der Waals surface area contributed by atoms with Crippen LogP contribution in [0.1, 0.15) is 26.7 Å². The molecule has 0 radical (unpaired) electrons. The largest absolute Gasteiger partial charge is 0.469 e. The van der Waals surface area contributed by atoms with E-state index in [1.54, 1.807) is 0 Å². The number of methoxy groups -OCH3 is 1. The SMILES string of the molecule is CCN(CC1CCCN1)CC(C)C(=O)OC. The highest BCUT2D eigenvalue weighted by atomic mass is 16.5. The summed E-state index contributed by atoms with van der Waals surface area (Å²) in [5.41, 5.74) is 0. The topological polar surface area (TPSA) is 41.6 Å². The Morgan fingerprint density at radius 3 is 2.88 bits per heavy atom. The van der Waals surface area contributed by atoms with Crippen molar-refractivity contribution in [1.29, 1.82) is 0 Å². The molecule has 2 atom stereocenters. The van der Waals surface area contributed by atoms with Crippen LogP contribution >= 0.6 is 0 Å². The second kappa shape index (κ2) is 6.86. The standard InChI is InChI=1S/C12H24N2O2/c1-4-14(8-10(2)12(15)16-3)9-11-6-5-7-13-11/h10-11,13H,4-9H2,1-3H3. The highest BCUT2D eigenvalue weighted by Crippen LogP contribution is 2.09. The third-order valence-corrected chi connectivity index (χ3v) is 3.22. The lowest BCUT2D eigenvalue weighted by molar-refractivity contribution is -0.145. The maximum atomic E-state index is 11.3. The summed E-state index contributed by atoms with van der Waals surface area (Å²) in [7, 11) is 1.45. The number of rotatable bonds is 6. The molecule has 0 spiro atoms. The second-order valence-electron chi connectivity index (χ2n) is 4.57. The molecule has 0 bridgehead atoms. The molecule has 1 fully saturated rings. The Morgan fingerprint density at radius 2 is 2.38 bits per heavy atom. The van der Waals surface area contributed by atoms with E-state index in [0.29, 0.717) is 6.04 Å². The van der Waals surface area contributed by atoms with Crippen LogP contribution in [0.2, 0.25) is 0 Å². The van der Waals surface area contributed by atoms with Crippen molar-refractivity contribution in [2.45, 2.75) is 32.7 Å². The molecule has 0 aromatic rings. The van der Waals surface area contributed by atoms with Crippen molar-refractivity contribution in [3.05, 3.63) is 0 Å². The van der Waals surface area contributed by atoms with Gasteiger partial charge in [0.2, 0.25) is 0 Å². The van der Waals surface area contributed by atoms with Crippen molar-refractivity contribution in [3.8, 4) is 0 Å². The number of nitrogens with zero attached hydrogens (tertiary/aromatic N) is 1. The molecular weight excluding hydrogens is 204 g/mol. The number of hydrogen-bond donors (Lipinski definition) is 1. The van der Waals surface area contributed by atoms with Crippen LogP contribution in [-0.4, -0.2) is 50.2 Å².